The summed E-state index contributed by atoms with van der Waals surface area (Å²) in [6.45, 7) is 4.33. The standard InChI is InChI=1S/C20H24ClN3O7S/c1-6-30-20(27)18-11(2)17(12(3)22-18)19(26)31-10-16(25)23-15-9-13(7-8-14(15)21)32(28,29)24(4)5/h7-9,22H,6,10H2,1-5H3,(H,23,25). The lowest BCUT2D eigenvalue weighted by atomic mass is 10.1. The summed E-state index contributed by atoms with van der Waals surface area (Å²) in [6, 6.07) is 3.86. The Morgan fingerprint density at radius 2 is 1.78 bits per heavy atom. The maximum atomic E-state index is 12.5. The molecule has 1 heterocycles. The summed E-state index contributed by atoms with van der Waals surface area (Å²) >= 11 is 6.05. The zero-order valence-electron chi connectivity index (χ0n) is 18.2. The Morgan fingerprint density at radius 3 is 2.38 bits per heavy atom. The smallest absolute Gasteiger partial charge is 0.355 e. The van der Waals surface area contributed by atoms with Crippen LogP contribution in [0.3, 0.4) is 0 Å². The van der Waals surface area contributed by atoms with Crippen LogP contribution in [-0.2, 0) is 24.3 Å². The quantitative estimate of drug-likeness (QED) is 0.548. The summed E-state index contributed by atoms with van der Waals surface area (Å²) in [6.07, 6.45) is 0. The SMILES string of the molecule is CCOC(=O)c1[nH]c(C)c(C(=O)OCC(=O)Nc2cc(S(=O)(=O)N(C)C)ccc2Cl)c1C. The Kier molecular flexibility index (Phi) is 8.05. The molecule has 174 valence electrons. The maximum absolute atomic E-state index is 12.5. The van der Waals surface area contributed by atoms with Gasteiger partial charge in [0.1, 0.15) is 5.69 Å². The van der Waals surface area contributed by atoms with E-state index < -0.39 is 34.5 Å². The summed E-state index contributed by atoms with van der Waals surface area (Å²) < 4.78 is 35.6. The zero-order valence-corrected chi connectivity index (χ0v) is 19.8. The second-order valence-electron chi connectivity index (χ2n) is 6.90. The molecule has 0 atom stereocenters. The number of aryl methyl sites for hydroxylation is 1. The number of ether oxygens (including phenoxy) is 2. The minimum absolute atomic E-state index is 0.0502. The fourth-order valence-electron chi connectivity index (χ4n) is 2.82. The van der Waals surface area contributed by atoms with Crippen molar-refractivity contribution in [1.29, 1.82) is 0 Å². The van der Waals surface area contributed by atoms with Crippen molar-refractivity contribution in [3.63, 3.8) is 0 Å². The lowest BCUT2D eigenvalue weighted by Crippen LogP contribution is -2.23. The Morgan fingerprint density at radius 1 is 1.12 bits per heavy atom. The molecule has 12 heteroatoms. The number of hydrogen-bond donors (Lipinski definition) is 2. The average Bonchev–Trinajstić information content (AvgIpc) is 3.02. The molecule has 0 spiro atoms. The number of rotatable bonds is 8. The molecule has 32 heavy (non-hydrogen) atoms. The third-order valence-electron chi connectivity index (χ3n) is 4.45. The van der Waals surface area contributed by atoms with Gasteiger partial charge < -0.3 is 19.8 Å². The van der Waals surface area contributed by atoms with E-state index in [1.807, 2.05) is 0 Å². The molecule has 0 saturated carbocycles. The normalized spacial score (nSPS) is 11.3. The van der Waals surface area contributed by atoms with E-state index in [0.717, 1.165) is 4.31 Å². The van der Waals surface area contributed by atoms with Gasteiger partial charge in [0.05, 0.1) is 27.8 Å². The zero-order chi connectivity index (χ0) is 24.2. The highest BCUT2D eigenvalue weighted by Gasteiger charge is 2.24. The van der Waals surface area contributed by atoms with Crippen LogP contribution in [0.1, 0.15) is 39.0 Å². The minimum Gasteiger partial charge on any atom is -0.461 e. The molecule has 0 unspecified atom stereocenters. The van der Waals surface area contributed by atoms with Crippen LogP contribution >= 0.6 is 11.6 Å². The lowest BCUT2D eigenvalue weighted by molar-refractivity contribution is -0.119. The van der Waals surface area contributed by atoms with Gasteiger partial charge in [-0.15, -0.1) is 0 Å². The van der Waals surface area contributed by atoms with E-state index in [9.17, 15) is 22.8 Å². The number of benzene rings is 1. The Bertz CT molecular complexity index is 1160. The third kappa shape index (κ3) is 5.47. The number of aromatic amines is 1. The van der Waals surface area contributed by atoms with Crippen molar-refractivity contribution in [3.05, 3.63) is 45.7 Å². The van der Waals surface area contributed by atoms with Crippen molar-refractivity contribution in [2.75, 3.05) is 32.6 Å². The second kappa shape index (κ2) is 10.2. The topological polar surface area (TPSA) is 135 Å². The van der Waals surface area contributed by atoms with Gasteiger partial charge in [0.25, 0.3) is 5.91 Å². The van der Waals surface area contributed by atoms with E-state index in [1.165, 1.54) is 32.3 Å². The van der Waals surface area contributed by atoms with Gasteiger partial charge in [-0.2, -0.15) is 0 Å². The number of amides is 1. The molecule has 0 saturated heterocycles. The molecule has 0 aliphatic carbocycles. The molecule has 1 aromatic carbocycles. The minimum atomic E-state index is -3.74. The Balaban J connectivity index is 2.11. The summed E-state index contributed by atoms with van der Waals surface area (Å²) in [5.74, 6) is -2.14. The lowest BCUT2D eigenvalue weighted by Gasteiger charge is -2.14. The fraction of sp³-hybridized carbons (Fsp3) is 0.350. The molecule has 0 bridgehead atoms. The van der Waals surface area contributed by atoms with Crippen LogP contribution in [0.15, 0.2) is 23.1 Å². The van der Waals surface area contributed by atoms with Gasteiger partial charge in [0, 0.05) is 19.8 Å². The molecule has 2 N–H and O–H groups in total. The largest absolute Gasteiger partial charge is 0.461 e. The van der Waals surface area contributed by atoms with Gasteiger partial charge in [0.2, 0.25) is 10.0 Å². The highest BCUT2D eigenvalue weighted by Crippen LogP contribution is 2.26. The first kappa shape index (κ1) is 25.4. The molecular weight excluding hydrogens is 462 g/mol. The summed E-state index contributed by atoms with van der Waals surface area (Å²) in [4.78, 5) is 39.4. The molecule has 2 aromatic rings. The third-order valence-corrected chi connectivity index (χ3v) is 6.59. The monoisotopic (exact) mass is 485 g/mol. The van der Waals surface area contributed by atoms with Crippen molar-refractivity contribution in [1.82, 2.24) is 9.29 Å². The number of aromatic nitrogens is 1. The Hall–Kier alpha value is -2.89. The van der Waals surface area contributed by atoms with Crippen LogP contribution in [0.2, 0.25) is 5.02 Å². The highest BCUT2D eigenvalue weighted by molar-refractivity contribution is 7.89. The first-order valence-electron chi connectivity index (χ1n) is 9.45. The first-order valence-corrected chi connectivity index (χ1v) is 11.3. The molecule has 10 nitrogen and oxygen atoms in total. The average molecular weight is 486 g/mol. The predicted octanol–water partition coefficient (Wildman–Crippen LogP) is 2.51. The molecule has 0 aliphatic heterocycles. The number of H-pyrrole nitrogens is 1. The van der Waals surface area contributed by atoms with Crippen molar-refractivity contribution in [2.45, 2.75) is 25.7 Å². The molecule has 0 aliphatic rings. The number of esters is 2. The van der Waals surface area contributed by atoms with Crippen LogP contribution in [0.4, 0.5) is 5.69 Å². The van der Waals surface area contributed by atoms with Gasteiger partial charge >= 0.3 is 11.9 Å². The molecule has 0 radical (unpaired) electrons. The first-order chi connectivity index (χ1) is 14.9. The van der Waals surface area contributed by atoms with E-state index in [2.05, 4.69) is 10.3 Å². The van der Waals surface area contributed by atoms with E-state index in [0.29, 0.717) is 11.3 Å². The molecular formula is C20H24ClN3O7S. The van der Waals surface area contributed by atoms with Crippen LogP contribution in [0, 0.1) is 13.8 Å². The van der Waals surface area contributed by atoms with Crippen LogP contribution in [0.5, 0.6) is 0 Å². The summed E-state index contributed by atoms with van der Waals surface area (Å²) in [5, 5.41) is 2.53. The number of anilines is 1. The van der Waals surface area contributed by atoms with E-state index in [4.69, 9.17) is 21.1 Å². The molecule has 1 amide bonds. The number of carbonyl (C=O) groups is 3. The van der Waals surface area contributed by atoms with Gasteiger partial charge in [-0.3, -0.25) is 4.79 Å². The highest BCUT2D eigenvalue weighted by atomic mass is 35.5. The molecule has 2 rings (SSSR count). The van der Waals surface area contributed by atoms with Crippen molar-refractivity contribution < 1.29 is 32.3 Å². The summed E-state index contributed by atoms with van der Waals surface area (Å²) in [7, 11) is -0.985. The molecule has 1 aromatic heterocycles. The second-order valence-corrected chi connectivity index (χ2v) is 9.46. The number of nitrogens with one attached hydrogen (secondary N) is 2. The molecule has 0 fully saturated rings. The van der Waals surface area contributed by atoms with Crippen LogP contribution in [-0.4, -0.2) is 62.9 Å². The Labute approximate surface area is 190 Å². The maximum Gasteiger partial charge on any atom is 0.355 e. The van der Waals surface area contributed by atoms with Crippen molar-refractivity contribution in [2.24, 2.45) is 0 Å². The van der Waals surface area contributed by atoms with Gasteiger partial charge in [-0.1, -0.05) is 11.6 Å². The van der Waals surface area contributed by atoms with Gasteiger partial charge in [-0.05, 0) is 44.5 Å². The van der Waals surface area contributed by atoms with E-state index >= 15 is 0 Å². The van der Waals surface area contributed by atoms with Gasteiger partial charge in [0.15, 0.2) is 6.61 Å². The number of hydrogen-bond acceptors (Lipinski definition) is 7. The summed E-state index contributed by atoms with van der Waals surface area (Å²) in [5.41, 5.74) is 1.04. The fourth-order valence-corrected chi connectivity index (χ4v) is 3.92. The number of carbonyl (C=O) groups excluding carboxylic acids is 3. The number of sulfonamides is 1. The van der Waals surface area contributed by atoms with E-state index in [-0.39, 0.29) is 33.5 Å². The number of nitrogens with zero attached hydrogens (tertiary/aromatic N) is 1. The predicted molar refractivity (Wildman–Crippen MR) is 117 cm³/mol. The van der Waals surface area contributed by atoms with E-state index in [1.54, 1.807) is 20.8 Å². The van der Waals surface area contributed by atoms with Gasteiger partial charge in [-0.25, -0.2) is 22.3 Å². The van der Waals surface area contributed by atoms with Crippen molar-refractivity contribution >= 4 is 45.2 Å². The van der Waals surface area contributed by atoms with Crippen LogP contribution < -0.4 is 5.32 Å². The van der Waals surface area contributed by atoms with Crippen LogP contribution in [0.25, 0.3) is 0 Å². The number of halogens is 1. The van der Waals surface area contributed by atoms with Crippen molar-refractivity contribution in [3.8, 4) is 0 Å².